The van der Waals surface area contributed by atoms with Crippen molar-refractivity contribution in [3.8, 4) is 0 Å². The number of rotatable bonds is 78. The highest BCUT2D eigenvalue weighted by Crippen LogP contribution is 2.45. The van der Waals surface area contributed by atoms with Gasteiger partial charge in [0.25, 0.3) is 0 Å². The Labute approximate surface area is 600 Å². The van der Waals surface area contributed by atoms with Crippen molar-refractivity contribution in [2.45, 2.75) is 432 Å². The zero-order valence-corrected chi connectivity index (χ0v) is 65.9. The van der Waals surface area contributed by atoms with E-state index in [1.807, 2.05) is 0 Å². The Kier molecular flexibility index (Phi) is 69.3. The zero-order chi connectivity index (χ0) is 72.1. The number of phosphoric acid groups is 2. The monoisotopic (exact) mass is 1440 g/mol. The predicted octanol–water partition coefficient (Wildman–Crippen LogP) is 23.5. The minimum Gasteiger partial charge on any atom is -0.462 e. The van der Waals surface area contributed by atoms with Crippen LogP contribution in [0.2, 0.25) is 0 Å². The van der Waals surface area contributed by atoms with Crippen molar-refractivity contribution < 1.29 is 80.2 Å². The molecule has 0 aromatic heterocycles. The number of esters is 4. The van der Waals surface area contributed by atoms with Gasteiger partial charge in [0, 0.05) is 25.7 Å². The van der Waals surface area contributed by atoms with Gasteiger partial charge in [-0.2, -0.15) is 0 Å². The van der Waals surface area contributed by atoms with E-state index in [-0.39, 0.29) is 25.7 Å². The molecule has 3 unspecified atom stereocenters. The molecule has 0 aliphatic carbocycles. The second-order valence-corrected chi connectivity index (χ2v) is 32.1. The first kappa shape index (κ1) is 96.1. The van der Waals surface area contributed by atoms with Crippen LogP contribution in [0.1, 0.15) is 414 Å². The summed E-state index contributed by atoms with van der Waals surface area (Å²) >= 11 is 0. The van der Waals surface area contributed by atoms with Crippen molar-refractivity contribution in [1.29, 1.82) is 0 Å². The molecule has 0 aromatic rings. The van der Waals surface area contributed by atoms with E-state index in [1.165, 1.54) is 218 Å². The molecular weight excluding hydrogens is 1280 g/mol. The summed E-state index contributed by atoms with van der Waals surface area (Å²) < 4.78 is 68.5. The average molecular weight is 1440 g/mol. The van der Waals surface area contributed by atoms with Gasteiger partial charge in [-0.1, -0.05) is 363 Å². The molecule has 0 aliphatic rings. The highest BCUT2D eigenvalue weighted by atomic mass is 31.2. The third kappa shape index (κ3) is 71.1. The van der Waals surface area contributed by atoms with Crippen molar-refractivity contribution in [3.05, 3.63) is 0 Å². The Morgan fingerprint density at radius 1 is 0.296 bits per heavy atom. The van der Waals surface area contributed by atoms with Crippen LogP contribution in [0.25, 0.3) is 0 Å². The van der Waals surface area contributed by atoms with Gasteiger partial charge < -0.3 is 33.8 Å². The molecule has 0 heterocycles. The number of phosphoric ester groups is 2. The lowest BCUT2D eigenvalue weighted by atomic mass is 9.99. The normalized spacial score (nSPS) is 14.2. The molecule has 0 bridgehead atoms. The molecule has 98 heavy (non-hydrogen) atoms. The fraction of sp³-hybridized carbons (Fsp3) is 0.949. The van der Waals surface area contributed by atoms with Gasteiger partial charge in [-0.15, -0.1) is 0 Å². The van der Waals surface area contributed by atoms with E-state index in [0.717, 1.165) is 115 Å². The molecule has 0 rings (SSSR count). The summed E-state index contributed by atoms with van der Waals surface area (Å²) in [6, 6.07) is 0. The second-order valence-electron chi connectivity index (χ2n) is 29.2. The quantitative estimate of drug-likeness (QED) is 0.0222. The molecule has 0 aliphatic heterocycles. The maximum absolute atomic E-state index is 13.1. The van der Waals surface area contributed by atoms with Crippen LogP contribution >= 0.6 is 15.6 Å². The smallest absolute Gasteiger partial charge is 0.462 e. The van der Waals surface area contributed by atoms with Crippen LogP contribution in [0, 0.1) is 11.8 Å². The second kappa shape index (κ2) is 70.7. The van der Waals surface area contributed by atoms with Crippen molar-refractivity contribution >= 4 is 39.5 Å². The number of carbonyl (C=O) groups excluding carboxylic acids is 4. The molecule has 0 amide bonds. The van der Waals surface area contributed by atoms with E-state index in [0.29, 0.717) is 25.7 Å². The number of aliphatic hydroxyl groups is 1. The molecular formula is C79H154O17P2. The lowest BCUT2D eigenvalue weighted by Gasteiger charge is -2.21. The summed E-state index contributed by atoms with van der Waals surface area (Å²) in [5, 5.41) is 10.6. The molecule has 17 nitrogen and oxygen atoms in total. The van der Waals surface area contributed by atoms with E-state index < -0.39 is 97.5 Å². The largest absolute Gasteiger partial charge is 0.472 e. The lowest BCUT2D eigenvalue weighted by Crippen LogP contribution is -2.30. The van der Waals surface area contributed by atoms with Crippen LogP contribution in [0.3, 0.4) is 0 Å². The maximum atomic E-state index is 13.1. The fourth-order valence-electron chi connectivity index (χ4n) is 12.2. The van der Waals surface area contributed by atoms with Crippen LogP contribution in [0.15, 0.2) is 0 Å². The molecule has 0 saturated heterocycles. The van der Waals surface area contributed by atoms with Crippen molar-refractivity contribution in [2.24, 2.45) is 11.8 Å². The first-order valence-corrected chi connectivity index (χ1v) is 44.0. The number of aliphatic hydroxyl groups excluding tert-OH is 1. The van der Waals surface area contributed by atoms with E-state index in [9.17, 15) is 43.2 Å². The number of hydrogen-bond donors (Lipinski definition) is 3. The van der Waals surface area contributed by atoms with Gasteiger partial charge in [0.05, 0.1) is 26.4 Å². The predicted molar refractivity (Wildman–Crippen MR) is 400 cm³/mol. The molecule has 3 N–H and O–H groups in total. The molecule has 582 valence electrons. The van der Waals surface area contributed by atoms with E-state index in [2.05, 4.69) is 41.5 Å². The van der Waals surface area contributed by atoms with E-state index >= 15 is 0 Å². The zero-order valence-electron chi connectivity index (χ0n) is 64.1. The Morgan fingerprint density at radius 2 is 0.520 bits per heavy atom. The molecule has 6 atom stereocenters. The third-order valence-electron chi connectivity index (χ3n) is 18.8. The van der Waals surface area contributed by atoms with Crippen LogP contribution in [0.5, 0.6) is 0 Å². The molecule has 0 saturated carbocycles. The van der Waals surface area contributed by atoms with Crippen molar-refractivity contribution in [3.63, 3.8) is 0 Å². The van der Waals surface area contributed by atoms with Crippen molar-refractivity contribution in [2.75, 3.05) is 39.6 Å². The summed E-state index contributed by atoms with van der Waals surface area (Å²) in [7, 11) is -9.91. The average Bonchev–Trinajstić information content (AvgIpc) is 1.17. The molecule has 0 aromatic carbocycles. The van der Waals surface area contributed by atoms with Gasteiger partial charge in [-0.25, -0.2) is 9.13 Å². The van der Waals surface area contributed by atoms with E-state index in [1.54, 1.807) is 0 Å². The van der Waals surface area contributed by atoms with E-state index in [4.69, 9.17) is 37.0 Å². The highest BCUT2D eigenvalue weighted by Gasteiger charge is 2.30. The van der Waals surface area contributed by atoms with Gasteiger partial charge in [0.15, 0.2) is 12.2 Å². The SMILES string of the molecule is CCCCCCCCCCCCCCCCCC(=O)OC[C@H](COP(=O)(O)OC[C@@H](O)COP(=O)(O)OC[C@@H](COC(=O)CCCCCCCCC)OC(=O)CCCCCCCCCCCCCC(C)C)OC(=O)CCCCCCCCCCCCCCCCCCCCC(C)CC. The number of carbonyl (C=O) groups is 4. The first-order chi connectivity index (χ1) is 47.4. The number of unbranched alkanes of at least 4 members (excludes halogenated alkanes) is 47. The van der Waals surface area contributed by atoms with Crippen LogP contribution in [0.4, 0.5) is 0 Å². The Balaban J connectivity index is 5.16. The molecule has 0 fully saturated rings. The summed E-state index contributed by atoms with van der Waals surface area (Å²) in [5.74, 6) is -0.479. The first-order valence-electron chi connectivity index (χ1n) is 41.0. The van der Waals surface area contributed by atoms with Gasteiger partial charge >= 0.3 is 39.5 Å². The van der Waals surface area contributed by atoms with Gasteiger partial charge in [0.1, 0.15) is 19.3 Å². The molecule has 19 heteroatoms. The topological polar surface area (TPSA) is 237 Å². The highest BCUT2D eigenvalue weighted by molar-refractivity contribution is 7.47. The van der Waals surface area contributed by atoms with Gasteiger partial charge in [-0.3, -0.25) is 37.3 Å². The summed E-state index contributed by atoms with van der Waals surface area (Å²) in [4.78, 5) is 72.8. The molecule has 0 radical (unpaired) electrons. The fourth-order valence-corrected chi connectivity index (χ4v) is 13.7. The Hall–Kier alpha value is -1.94. The minimum absolute atomic E-state index is 0.106. The number of hydrogen-bond acceptors (Lipinski definition) is 15. The van der Waals surface area contributed by atoms with Gasteiger partial charge in [-0.05, 0) is 37.5 Å². The van der Waals surface area contributed by atoms with Crippen LogP contribution in [-0.4, -0.2) is 96.7 Å². The summed E-state index contributed by atoms with van der Waals surface area (Å²) in [6.07, 6.45) is 59.8. The summed E-state index contributed by atoms with van der Waals surface area (Å²) in [5.41, 5.74) is 0. The summed E-state index contributed by atoms with van der Waals surface area (Å²) in [6.45, 7) is 9.64. The van der Waals surface area contributed by atoms with Crippen LogP contribution < -0.4 is 0 Å². The van der Waals surface area contributed by atoms with Gasteiger partial charge in [0.2, 0.25) is 0 Å². The standard InChI is InChI=1S/C79H154O17P2/c1-7-10-12-14-16-17-18-19-24-28-33-38-44-50-56-62-77(82)90-68-75(96-78(83)63-57-51-45-39-34-29-26-23-21-20-22-25-27-32-37-43-48-54-60-72(6)9-3)70-94-98(87,88)92-66-73(80)65-91-97(85,86)93-69-74(67-89-76(81)61-55-49-41-15-13-11-8-2)95-79(84)64-58-52-46-40-35-30-31-36-42-47-53-59-71(4)5/h71-75,80H,7-70H2,1-6H3,(H,85,86)(H,87,88)/t72?,73-,74+,75+/m0/s1. The van der Waals surface area contributed by atoms with Crippen molar-refractivity contribution in [1.82, 2.24) is 0 Å². The number of ether oxygens (including phenoxy) is 4. The van der Waals surface area contributed by atoms with Crippen LogP contribution in [-0.2, 0) is 65.4 Å². The minimum atomic E-state index is -4.96. The maximum Gasteiger partial charge on any atom is 0.472 e. The lowest BCUT2D eigenvalue weighted by molar-refractivity contribution is -0.161. The Bertz CT molecular complexity index is 1890. The third-order valence-corrected chi connectivity index (χ3v) is 20.7. The molecule has 0 spiro atoms. The Morgan fingerprint density at radius 3 is 0.776 bits per heavy atom.